The van der Waals surface area contributed by atoms with Gasteiger partial charge in [-0.1, -0.05) is 42.6 Å². The summed E-state index contributed by atoms with van der Waals surface area (Å²) in [6.45, 7) is 5.03. The van der Waals surface area contributed by atoms with Gasteiger partial charge in [-0.25, -0.2) is 4.39 Å². The molecule has 0 amide bonds. The van der Waals surface area contributed by atoms with Gasteiger partial charge in [0.15, 0.2) is 0 Å². The largest absolute Gasteiger partial charge is 0.330 e. The van der Waals surface area contributed by atoms with Gasteiger partial charge in [0.05, 0.1) is 0 Å². The molecular weight excluding hydrogens is 293 g/mol. The molecule has 0 aliphatic heterocycles. The number of halogens is 2. The molecule has 0 saturated carbocycles. The molecule has 1 rings (SSSR count). The summed E-state index contributed by atoms with van der Waals surface area (Å²) in [5.74, 6) is -0.175. The zero-order valence-electron chi connectivity index (χ0n) is 11.3. The average Bonchev–Trinajstić information content (AvgIpc) is 2.39. The van der Waals surface area contributed by atoms with Gasteiger partial charge in [-0.2, -0.15) is 0 Å². The number of unbranched alkanes of at least 4 members (excludes halogenated alkanes) is 1. The van der Waals surface area contributed by atoms with Gasteiger partial charge >= 0.3 is 0 Å². The second kappa shape index (κ2) is 7.25. The Balaban J connectivity index is 2.91. The highest BCUT2D eigenvalue weighted by molar-refractivity contribution is 9.10. The molecule has 0 heterocycles. The molecule has 0 aliphatic carbocycles. The Morgan fingerprint density at radius 2 is 2.06 bits per heavy atom. The Hall–Kier alpha value is -0.410. The topological polar surface area (TPSA) is 26.0 Å². The Bertz CT molecular complexity index is 375. The molecule has 102 valence electrons. The zero-order valence-corrected chi connectivity index (χ0v) is 12.9. The van der Waals surface area contributed by atoms with Crippen LogP contribution in [0.4, 0.5) is 4.39 Å². The molecule has 0 aromatic heterocycles. The van der Waals surface area contributed by atoms with Gasteiger partial charge in [-0.05, 0) is 55.0 Å². The summed E-state index contributed by atoms with van der Waals surface area (Å²) in [5.41, 5.74) is 7.12. The molecule has 1 atom stereocenters. The first-order chi connectivity index (χ1) is 8.56. The third-order valence-electron chi connectivity index (χ3n) is 3.82. The second-order valence-corrected chi connectivity index (χ2v) is 5.93. The van der Waals surface area contributed by atoms with E-state index in [2.05, 4.69) is 29.8 Å². The van der Waals surface area contributed by atoms with Crippen LogP contribution in [-0.2, 0) is 6.42 Å². The molecule has 0 aliphatic rings. The lowest BCUT2D eigenvalue weighted by Gasteiger charge is -2.32. The Kier molecular flexibility index (Phi) is 6.30. The van der Waals surface area contributed by atoms with Crippen LogP contribution in [0.15, 0.2) is 22.7 Å². The maximum Gasteiger partial charge on any atom is 0.123 e. The summed E-state index contributed by atoms with van der Waals surface area (Å²) < 4.78 is 14.3. The average molecular weight is 316 g/mol. The van der Waals surface area contributed by atoms with E-state index < -0.39 is 0 Å². The van der Waals surface area contributed by atoms with E-state index in [4.69, 9.17) is 5.73 Å². The molecule has 0 radical (unpaired) electrons. The molecule has 3 heteroatoms. The maximum absolute atomic E-state index is 13.3. The van der Waals surface area contributed by atoms with Crippen molar-refractivity contribution in [2.24, 2.45) is 11.1 Å². The first-order valence-corrected chi connectivity index (χ1v) is 7.50. The summed E-state index contributed by atoms with van der Waals surface area (Å²) in [6, 6.07) is 4.88. The fraction of sp³-hybridized carbons (Fsp3) is 0.600. The summed E-state index contributed by atoms with van der Waals surface area (Å²) in [4.78, 5) is 0. The van der Waals surface area contributed by atoms with Crippen LogP contribution in [-0.4, -0.2) is 6.54 Å². The third-order valence-corrected chi connectivity index (χ3v) is 4.59. The number of rotatable bonds is 7. The molecule has 0 bridgehead atoms. The third kappa shape index (κ3) is 4.06. The lowest BCUT2D eigenvalue weighted by molar-refractivity contribution is 0.250. The molecule has 0 spiro atoms. The fourth-order valence-electron chi connectivity index (χ4n) is 2.34. The van der Waals surface area contributed by atoms with E-state index in [1.54, 1.807) is 12.1 Å². The van der Waals surface area contributed by atoms with Crippen LogP contribution in [0, 0.1) is 11.2 Å². The Morgan fingerprint density at radius 1 is 1.33 bits per heavy atom. The number of benzene rings is 1. The Labute approximate surface area is 118 Å². The van der Waals surface area contributed by atoms with Gasteiger partial charge in [0.2, 0.25) is 0 Å². The molecule has 2 N–H and O–H groups in total. The van der Waals surface area contributed by atoms with Crippen molar-refractivity contribution in [3.05, 3.63) is 34.1 Å². The predicted molar refractivity (Wildman–Crippen MR) is 79.1 cm³/mol. The van der Waals surface area contributed by atoms with Gasteiger partial charge in [-0.3, -0.25) is 0 Å². The van der Waals surface area contributed by atoms with Gasteiger partial charge in [0, 0.05) is 4.47 Å². The number of nitrogens with two attached hydrogens (primary N) is 1. The van der Waals surface area contributed by atoms with Gasteiger partial charge in [0.25, 0.3) is 0 Å². The van der Waals surface area contributed by atoms with Gasteiger partial charge in [-0.15, -0.1) is 0 Å². The maximum atomic E-state index is 13.3. The quantitative estimate of drug-likeness (QED) is 0.777. The standard InChI is InChI=1S/C15H23BrFN/c1-3-5-8-15(4-2,11-18)10-12-9-13(17)6-7-14(12)16/h6-7,9H,3-5,8,10-11,18H2,1-2H3. The van der Waals surface area contributed by atoms with Crippen LogP contribution in [0.25, 0.3) is 0 Å². The molecule has 0 saturated heterocycles. The lowest BCUT2D eigenvalue weighted by Crippen LogP contribution is -2.32. The van der Waals surface area contributed by atoms with Crippen molar-refractivity contribution in [3.8, 4) is 0 Å². The van der Waals surface area contributed by atoms with E-state index in [-0.39, 0.29) is 11.2 Å². The number of hydrogen-bond acceptors (Lipinski definition) is 1. The van der Waals surface area contributed by atoms with E-state index in [1.165, 1.54) is 18.9 Å². The van der Waals surface area contributed by atoms with Crippen LogP contribution < -0.4 is 5.73 Å². The molecule has 0 fully saturated rings. The molecular formula is C15H23BrFN. The van der Waals surface area contributed by atoms with Crippen molar-refractivity contribution >= 4 is 15.9 Å². The van der Waals surface area contributed by atoms with Crippen LogP contribution in [0.2, 0.25) is 0 Å². The van der Waals surface area contributed by atoms with E-state index in [1.807, 2.05) is 0 Å². The summed E-state index contributed by atoms with van der Waals surface area (Å²) in [6.07, 6.45) is 5.34. The van der Waals surface area contributed by atoms with Crippen LogP contribution >= 0.6 is 15.9 Å². The van der Waals surface area contributed by atoms with E-state index in [9.17, 15) is 4.39 Å². The first kappa shape index (κ1) is 15.6. The predicted octanol–water partition coefficient (Wildman–Crippen LogP) is 4.68. The van der Waals surface area contributed by atoms with Crippen molar-refractivity contribution in [1.29, 1.82) is 0 Å². The van der Waals surface area contributed by atoms with Crippen molar-refractivity contribution in [2.75, 3.05) is 6.54 Å². The SMILES string of the molecule is CCCCC(CC)(CN)Cc1cc(F)ccc1Br. The van der Waals surface area contributed by atoms with Crippen LogP contribution in [0.1, 0.15) is 45.1 Å². The monoisotopic (exact) mass is 315 g/mol. The first-order valence-electron chi connectivity index (χ1n) is 6.71. The minimum Gasteiger partial charge on any atom is -0.330 e. The van der Waals surface area contributed by atoms with E-state index in [0.717, 1.165) is 29.3 Å². The van der Waals surface area contributed by atoms with Gasteiger partial charge < -0.3 is 5.73 Å². The van der Waals surface area contributed by atoms with Crippen LogP contribution in [0.5, 0.6) is 0 Å². The summed E-state index contributed by atoms with van der Waals surface area (Å²) >= 11 is 3.50. The second-order valence-electron chi connectivity index (χ2n) is 5.07. The minimum atomic E-state index is -0.175. The molecule has 1 aromatic rings. The normalized spacial score (nSPS) is 14.5. The van der Waals surface area contributed by atoms with Crippen molar-refractivity contribution in [1.82, 2.24) is 0 Å². The van der Waals surface area contributed by atoms with Crippen molar-refractivity contribution in [2.45, 2.75) is 46.0 Å². The molecule has 18 heavy (non-hydrogen) atoms. The smallest absolute Gasteiger partial charge is 0.123 e. The molecule has 1 unspecified atom stereocenters. The highest BCUT2D eigenvalue weighted by atomic mass is 79.9. The van der Waals surface area contributed by atoms with Gasteiger partial charge in [0.1, 0.15) is 5.82 Å². The zero-order chi connectivity index (χ0) is 13.6. The van der Waals surface area contributed by atoms with E-state index >= 15 is 0 Å². The summed E-state index contributed by atoms with van der Waals surface area (Å²) in [5, 5.41) is 0. The van der Waals surface area contributed by atoms with Crippen LogP contribution in [0.3, 0.4) is 0 Å². The minimum absolute atomic E-state index is 0.103. The summed E-state index contributed by atoms with van der Waals surface area (Å²) in [7, 11) is 0. The number of hydrogen-bond donors (Lipinski definition) is 1. The highest BCUT2D eigenvalue weighted by Gasteiger charge is 2.27. The van der Waals surface area contributed by atoms with E-state index in [0.29, 0.717) is 6.54 Å². The van der Waals surface area contributed by atoms with Crippen molar-refractivity contribution < 1.29 is 4.39 Å². The highest BCUT2D eigenvalue weighted by Crippen LogP contribution is 2.34. The fourth-order valence-corrected chi connectivity index (χ4v) is 2.73. The Morgan fingerprint density at radius 3 is 2.61 bits per heavy atom. The molecule has 1 aromatic carbocycles. The van der Waals surface area contributed by atoms with Crippen molar-refractivity contribution in [3.63, 3.8) is 0 Å². The lowest BCUT2D eigenvalue weighted by atomic mass is 9.75. The molecule has 1 nitrogen and oxygen atoms in total.